The van der Waals surface area contributed by atoms with Gasteiger partial charge in [0.2, 0.25) is 0 Å². The van der Waals surface area contributed by atoms with E-state index in [0.717, 1.165) is 0 Å². The van der Waals surface area contributed by atoms with E-state index in [9.17, 15) is 9.59 Å². The Hall–Kier alpha value is -1.64. The van der Waals surface area contributed by atoms with Crippen LogP contribution in [0.4, 0.5) is 0 Å². The lowest BCUT2D eigenvalue weighted by molar-refractivity contribution is -0.138. The standard InChI is InChI=1S/C11H14O3/c1-3-5-9(6-4-2)10(12)7-8-11(13)14/h3-6H,1,7-8H2,2H3,(H,13,14)/b6-4-,9-5+. The van der Waals surface area contributed by atoms with Crippen LogP contribution >= 0.6 is 0 Å². The highest BCUT2D eigenvalue weighted by atomic mass is 16.4. The number of carbonyl (C=O) groups excluding carboxylic acids is 1. The molecule has 3 nitrogen and oxygen atoms in total. The van der Waals surface area contributed by atoms with Gasteiger partial charge in [-0.15, -0.1) is 0 Å². The van der Waals surface area contributed by atoms with Gasteiger partial charge >= 0.3 is 5.97 Å². The summed E-state index contributed by atoms with van der Waals surface area (Å²) in [6.07, 6.45) is 6.35. The molecular formula is C11H14O3. The summed E-state index contributed by atoms with van der Waals surface area (Å²) in [4.78, 5) is 21.6. The Morgan fingerprint density at radius 3 is 2.43 bits per heavy atom. The summed E-state index contributed by atoms with van der Waals surface area (Å²) in [5.74, 6) is -1.14. The molecule has 0 aromatic carbocycles. The number of hydrogen-bond donors (Lipinski definition) is 1. The zero-order valence-corrected chi connectivity index (χ0v) is 8.19. The minimum absolute atomic E-state index is 0.0271. The van der Waals surface area contributed by atoms with E-state index in [1.807, 2.05) is 0 Å². The van der Waals surface area contributed by atoms with Crippen molar-refractivity contribution in [2.24, 2.45) is 0 Å². The van der Waals surface area contributed by atoms with Crippen molar-refractivity contribution in [3.05, 3.63) is 36.5 Å². The molecule has 0 rings (SSSR count). The molecule has 0 radical (unpaired) electrons. The van der Waals surface area contributed by atoms with Gasteiger partial charge in [0.05, 0.1) is 6.42 Å². The predicted molar refractivity (Wildman–Crippen MR) is 55.0 cm³/mol. The summed E-state index contributed by atoms with van der Waals surface area (Å²) in [7, 11) is 0. The van der Waals surface area contributed by atoms with Crippen LogP contribution < -0.4 is 0 Å². The van der Waals surface area contributed by atoms with Crippen LogP contribution in [0.15, 0.2) is 36.5 Å². The number of hydrogen-bond acceptors (Lipinski definition) is 2. The van der Waals surface area contributed by atoms with E-state index in [1.165, 1.54) is 6.08 Å². The quantitative estimate of drug-likeness (QED) is 0.520. The number of carboxylic acids is 1. The molecule has 14 heavy (non-hydrogen) atoms. The van der Waals surface area contributed by atoms with E-state index >= 15 is 0 Å². The van der Waals surface area contributed by atoms with E-state index in [4.69, 9.17) is 5.11 Å². The van der Waals surface area contributed by atoms with Gasteiger partial charge in [-0.3, -0.25) is 9.59 Å². The summed E-state index contributed by atoms with van der Waals surface area (Å²) in [6, 6.07) is 0. The molecule has 0 amide bonds. The molecule has 1 N–H and O–H groups in total. The van der Waals surface area contributed by atoms with Crippen LogP contribution in [-0.4, -0.2) is 16.9 Å². The van der Waals surface area contributed by atoms with Crippen LogP contribution in [0, 0.1) is 0 Å². The maximum atomic E-state index is 11.4. The van der Waals surface area contributed by atoms with Crippen LogP contribution in [0.25, 0.3) is 0 Å². The molecule has 0 fully saturated rings. The highest BCUT2D eigenvalue weighted by molar-refractivity contribution is 5.99. The van der Waals surface area contributed by atoms with Crippen LogP contribution in [0.3, 0.4) is 0 Å². The number of Topliss-reactive ketones (excluding diaryl/α,β-unsaturated/α-hetero) is 1. The third-order valence-electron chi connectivity index (χ3n) is 1.53. The van der Waals surface area contributed by atoms with Crippen molar-refractivity contribution in [1.29, 1.82) is 0 Å². The second kappa shape index (κ2) is 6.83. The van der Waals surface area contributed by atoms with E-state index in [1.54, 1.807) is 25.2 Å². The lowest BCUT2D eigenvalue weighted by Gasteiger charge is -1.98. The zero-order valence-electron chi connectivity index (χ0n) is 8.19. The topological polar surface area (TPSA) is 54.4 Å². The second-order valence-corrected chi connectivity index (χ2v) is 2.67. The van der Waals surface area contributed by atoms with Crippen LogP contribution in [0.5, 0.6) is 0 Å². The Morgan fingerprint density at radius 2 is 2.00 bits per heavy atom. The van der Waals surface area contributed by atoms with Gasteiger partial charge in [0.15, 0.2) is 5.78 Å². The summed E-state index contributed by atoms with van der Waals surface area (Å²) >= 11 is 0. The fourth-order valence-electron chi connectivity index (χ4n) is 0.913. The van der Waals surface area contributed by atoms with Gasteiger partial charge in [-0.05, 0) is 6.92 Å². The van der Waals surface area contributed by atoms with Crippen LogP contribution in [0.1, 0.15) is 19.8 Å². The molecule has 0 heterocycles. The van der Waals surface area contributed by atoms with Gasteiger partial charge < -0.3 is 5.11 Å². The number of carboxylic acid groups (broad SMARTS) is 1. The Balaban J connectivity index is 4.38. The highest BCUT2D eigenvalue weighted by Gasteiger charge is 2.07. The van der Waals surface area contributed by atoms with Gasteiger partial charge in [0, 0.05) is 12.0 Å². The SMILES string of the molecule is C=C/C=C(\C=C/C)C(=O)CCC(=O)O. The Labute approximate surface area is 83.4 Å². The lowest BCUT2D eigenvalue weighted by atomic mass is 10.1. The molecule has 0 saturated heterocycles. The number of aliphatic carboxylic acids is 1. The molecule has 76 valence electrons. The minimum atomic E-state index is -0.961. The van der Waals surface area contributed by atoms with Crippen molar-refractivity contribution in [2.75, 3.05) is 0 Å². The Morgan fingerprint density at radius 1 is 1.36 bits per heavy atom. The summed E-state index contributed by atoms with van der Waals surface area (Å²) in [5, 5.41) is 8.39. The fraction of sp³-hybridized carbons (Fsp3) is 0.273. The first-order valence-electron chi connectivity index (χ1n) is 4.32. The number of allylic oxidation sites excluding steroid dienone is 5. The molecule has 0 aromatic heterocycles. The first-order chi connectivity index (χ1) is 6.61. The second-order valence-electron chi connectivity index (χ2n) is 2.67. The largest absolute Gasteiger partial charge is 0.481 e. The van der Waals surface area contributed by atoms with Crippen molar-refractivity contribution >= 4 is 11.8 Å². The summed E-state index contributed by atoms with van der Waals surface area (Å²) in [5.41, 5.74) is 0.490. The lowest BCUT2D eigenvalue weighted by Crippen LogP contribution is -2.04. The fourth-order valence-corrected chi connectivity index (χ4v) is 0.913. The molecule has 0 aromatic rings. The molecule has 0 saturated carbocycles. The highest BCUT2D eigenvalue weighted by Crippen LogP contribution is 2.05. The van der Waals surface area contributed by atoms with Gasteiger partial charge in [0.25, 0.3) is 0 Å². The van der Waals surface area contributed by atoms with Crippen molar-refractivity contribution in [3.63, 3.8) is 0 Å². The smallest absolute Gasteiger partial charge is 0.303 e. The molecule has 0 bridgehead atoms. The predicted octanol–water partition coefficient (Wildman–Crippen LogP) is 2.11. The van der Waals surface area contributed by atoms with Gasteiger partial charge in [-0.2, -0.15) is 0 Å². The van der Waals surface area contributed by atoms with Gasteiger partial charge in [-0.25, -0.2) is 0 Å². The van der Waals surface area contributed by atoms with Crippen LogP contribution in [-0.2, 0) is 9.59 Å². The first kappa shape index (κ1) is 12.4. The van der Waals surface area contributed by atoms with Crippen molar-refractivity contribution in [3.8, 4) is 0 Å². The van der Waals surface area contributed by atoms with E-state index in [0.29, 0.717) is 5.57 Å². The number of carbonyl (C=O) groups is 2. The molecule has 0 aliphatic heterocycles. The third kappa shape index (κ3) is 5.09. The average Bonchev–Trinajstić information content (AvgIpc) is 2.14. The third-order valence-corrected chi connectivity index (χ3v) is 1.53. The average molecular weight is 194 g/mol. The van der Waals surface area contributed by atoms with Gasteiger partial charge in [0.1, 0.15) is 0 Å². The molecule has 3 heteroatoms. The number of rotatable bonds is 6. The maximum absolute atomic E-state index is 11.4. The zero-order chi connectivity index (χ0) is 11.0. The minimum Gasteiger partial charge on any atom is -0.481 e. The summed E-state index contributed by atoms with van der Waals surface area (Å²) < 4.78 is 0. The van der Waals surface area contributed by atoms with Crippen molar-refractivity contribution in [1.82, 2.24) is 0 Å². The molecule has 0 atom stereocenters. The number of ketones is 1. The Kier molecular flexibility index (Phi) is 6.03. The Bertz CT molecular complexity index is 285. The van der Waals surface area contributed by atoms with E-state index < -0.39 is 5.97 Å². The molecular weight excluding hydrogens is 180 g/mol. The monoisotopic (exact) mass is 194 g/mol. The molecule has 0 aliphatic carbocycles. The molecule has 0 unspecified atom stereocenters. The van der Waals surface area contributed by atoms with Crippen LogP contribution in [0.2, 0.25) is 0 Å². The van der Waals surface area contributed by atoms with E-state index in [-0.39, 0.29) is 18.6 Å². The normalized spacial score (nSPS) is 11.6. The molecule has 0 spiro atoms. The van der Waals surface area contributed by atoms with E-state index in [2.05, 4.69) is 6.58 Å². The van der Waals surface area contributed by atoms with Crippen molar-refractivity contribution < 1.29 is 14.7 Å². The van der Waals surface area contributed by atoms with Gasteiger partial charge in [-0.1, -0.05) is 30.9 Å². The maximum Gasteiger partial charge on any atom is 0.303 e. The molecule has 0 aliphatic rings. The van der Waals surface area contributed by atoms with Crippen molar-refractivity contribution in [2.45, 2.75) is 19.8 Å². The first-order valence-corrected chi connectivity index (χ1v) is 4.32. The summed E-state index contributed by atoms with van der Waals surface area (Å²) in [6.45, 7) is 5.27.